The Kier molecular flexibility index (Phi) is 10.1. The predicted molar refractivity (Wildman–Crippen MR) is 168 cm³/mol. The van der Waals surface area contributed by atoms with Gasteiger partial charge in [-0.05, 0) is 80.5 Å². The number of nitrogens with one attached hydrogen (secondary N) is 1. The number of amides is 1. The number of allylic oxidation sites excluding steroid dienone is 1. The average Bonchev–Trinajstić information content (AvgIpc) is 2.99. The van der Waals surface area contributed by atoms with Crippen LogP contribution in [0.2, 0.25) is 0 Å². The Morgan fingerprint density at radius 2 is 1.71 bits per heavy atom. The minimum absolute atomic E-state index is 0.138. The molecule has 8 heteroatoms. The van der Waals surface area contributed by atoms with Crippen molar-refractivity contribution in [1.29, 1.82) is 0 Å². The maximum Gasteiger partial charge on any atom is 0.251 e. The summed E-state index contributed by atoms with van der Waals surface area (Å²) < 4.78 is 11.2. The third-order valence-electron chi connectivity index (χ3n) is 8.87. The average molecular weight is 575 g/mol. The summed E-state index contributed by atoms with van der Waals surface area (Å²) in [6, 6.07) is 13.4. The molecule has 0 bridgehead atoms. The molecular formula is C34H46N4O4. The molecule has 2 fully saturated rings. The minimum Gasteiger partial charge on any atom is -0.381 e. The zero-order chi connectivity index (χ0) is 29.6. The van der Waals surface area contributed by atoms with Crippen LogP contribution in [0.15, 0.2) is 52.5 Å². The first kappa shape index (κ1) is 30.4. The Hall–Kier alpha value is -3.04. The first-order chi connectivity index (χ1) is 20.3. The highest BCUT2D eigenvalue weighted by molar-refractivity contribution is 5.99. The summed E-state index contributed by atoms with van der Waals surface area (Å²) in [5.74, 6) is -0.138. The van der Waals surface area contributed by atoms with E-state index in [4.69, 9.17) is 9.47 Å². The van der Waals surface area contributed by atoms with E-state index < -0.39 is 6.23 Å². The van der Waals surface area contributed by atoms with Crippen molar-refractivity contribution in [1.82, 2.24) is 10.2 Å². The number of aliphatic hydroxyl groups is 1. The lowest BCUT2D eigenvalue weighted by molar-refractivity contribution is 0.0342. The van der Waals surface area contributed by atoms with Gasteiger partial charge in [0.25, 0.3) is 5.91 Å². The van der Waals surface area contributed by atoms with E-state index in [1.54, 1.807) is 0 Å². The van der Waals surface area contributed by atoms with Crippen LogP contribution < -0.4 is 10.2 Å². The molecule has 3 aliphatic heterocycles. The second kappa shape index (κ2) is 14.0. The van der Waals surface area contributed by atoms with Crippen LogP contribution in [0, 0.1) is 6.92 Å². The molecule has 0 aromatic heterocycles. The zero-order valence-corrected chi connectivity index (χ0v) is 25.6. The fraction of sp³-hybridized carbons (Fsp3) is 0.529. The van der Waals surface area contributed by atoms with Gasteiger partial charge in [0.15, 0.2) is 6.23 Å². The molecule has 3 heterocycles. The van der Waals surface area contributed by atoms with Gasteiger partial charge >= 0.3 is 0 Å². The van der Waals surface area contributed by atoms with E-state index >= 15 is 0 Å². The van der Waals surface area contributed by atoms with Crippen LogP contribution in [0.25, 0.3) is 11.1 Å². The number of carbonyl (C=O) groups excluding carboxylic acids is 1. The van der Waals surface area contributed by atoms with Crippen LogP contribution in [0.5, 0.6) is 0 Å². The Balaban J connectivity index is 1.44. The van der Waals surface area contributed by atoms with Crippen molar-refractivity contribution in [2.45, 2.75) is 65.8 Å². The molecule has 5 rings (SSSR count). The van der Waals surface area contributed by atoms with Gasteiger partial charge in [0.2, 0.25) is 0 Å². The van der Waals surface area contributed by atoms with E-state index in [0.717, 1.165) is 111 Å². The summed E-state index contributed by atoms with van der Waals surface area (Å²) in [6.45, 7) is 15.2. The van der Waals surface area contributed by atoms with Crippen LogP contribution in [-0.4, -0.2) is 86.5 Å². The minimum atomic E-state index is -0.901. The van der Waals surface area contributed by atoms with Crippen molar-refractivity contribution in [3.05, 3.63) is 64.2 Å². The third kappa shape index (κ3) is 7.11. The molecule has 1 atom stereocenters. The summed E-state index contributed by atoms with van der Waals surface area (Å²) in [7, 11) is 0. The van der Waals surface area contributed by atoms with Gasteiger partial charge in [-0.15, -0.1) is 0 Å². The van der Waals surface area contributed by atoms with Crippen LogP contribution >= 0.6 is 0 Å². The molecule has 42 heavy (non-hydrogen) atoms. The number of hydrogen-bond acceptors (Lipinski definition) is 7. The van der Waals surface area contributed by atoms with E-state index in [2.05, 4.69) is 64.3 Å². The number of aliphatic hydroxyl groups excluding tert-OH is 1. The number of anilines is 1. The van der Waals surface area contributed by atoms with E-state index in [1.807, 2.05) is 19.9 Å². The molecule has 0 spiro atoms. The summed E-state index contributed by atoms with van der Waals surface area (Å²) in [4.78, 5) is 23.0. The van der Waals surface area contributed by atoms with Crippen LogP contribution in [0.3, 0.4) is 0 Å². The SMILES string of the molecule is CCN(c1cc(-c2ccc(CN3CCOCC3)cc2)cc(C(=O)NCC2=C(C)CC(C)=NC2O)c1C)C1CCOCC1. The van der Waals surface area contributed by atoms with Crippen LogP contribution in [0.4, 0.5) is 5.69 Å². The van der Waals surface area contributed by atoms with E-state index in [9.17, 15) is 9.90 Å². The molecule has 2 aromatic carbocycles. The molecule has 2 aromatic rings. The second-order valence-corrected chi connectivity index (χ2v) is 11.8. The number of carbonyl (C=O) groups is 1. The Bertz CT molecular complexity index is 1310. The number of benzene rings is 2. The largest absolute Gasteiger partial charge is 0.381 e. The number of aliphatic imine (C=N–C) groups is 1. The first-order valence-electron chi connectivity index (χ1n) is 15.4. The monoisotopic (exact) mass is 574 g/mol. The smallest absolute Gasteiger partial charge is 0.251 e. The number of rotatable bonds is 9. The van der Waals surface area contributed by atoms with Crippen LogP contribution in [0.1, 0.15) is 61.5 Å². The summed E-state index contributed by atoms with van der Waals surface area (Å²) in [5.41, 5.74) is 8.86. The molecular weight excluding hydrogens is 528 g/mol. The standard InChI is InChI=1S/C34H46N4O4/c1-5-38(29-10-14-41-15-11-29)32-20-28(27-8-6-26(7-9-27)22-37-12-16-42-17-13-37)19-30(25(32)4)33(39)35-21-31-23(2)18-24(3)36-34(31)40/h6-9,19-20,29,34,40H,5,10-18,21-22H2,1-4H3,(H,35,39). The van der Waals surface area contributed by atoms with Crippen molar-refractivity contribution in [3.63, 3.8) is 0 Å². The molecule has 3 aliphatic rings. The van der Waals surface area contributed by atoms with Crippen molar-refractivity contribution < 1.29 is 19.4 Å². The molecule has 2 saturated heterocycles. The normalized spacial score (nSPS) is 20.4. The lowest BCUT2D eigenvalue weighted by Crippen LogP contribution is -2.40. The lowest BCUT2D eigenvalue weighted by Gasteiger charge is -2.37. The maximum absolute atomic E-state index is 13.8. The molecule has 8 nitrogen and oxygen atoms in total. The summed E-state index contributed by atoms with van der Waals surface area (Å²) >= 11 is 0. The van der Waals surface area contributed by atoms with Gasteiger partial charge in [0, 0.05) is 75.4 Å². The lowest BCUT2D eigenvalue weighted by atomic mass is 9.94. The van der Waals surface area contributed by atoms with Crippen molar-refractivity contribution in [2.24, 2.45) is 4.99 Å². The number of hydrogen-bond donors (Lipinski definition) is 2. The molecule has 226 valence electrons. The fourth-order valence-corrected chi connectivity index (χ4v) is 6.40. The molecule has 2 N–H and O–H groups in total. The van der Waals surface area contributed by atoms with Crippen molar-refractivity contribution in [2.75, 3.05) is 57.5 Å². The van der Waals surface area contributed by atoms with Gasteiger partial charge < -0.3 is 24.8 Å². The Morgan fingerprint density at radius 1 is 1.02 bits per heavy atom. The molecule has 1 amide bonds. The highest BCUT2D eigenvalue weighted by atomic mass is 16.5. The maximum atomic E-state index is 13.8. The van der Waals surface area contributed by atoms with Gasteiger partial charge in [-0.25, -0.2) is 0 Å². The summed E-state index contributed by atoms with van der Waals surface area (Å²) in [6.07, 6.45) is 1.77. The van der Waals surface area contributed by atoms with Gasteiger partial charge in [-0.2, -0.15) is 0 Å². The zero-order valence-electron chi connectivity index (χ0n) is 25.6. The third-order valence-corrected chi connectivity index (χ3v) is 8.87. The molecule has 0 radical (unpaired) electrons. The molecule has 0 aliphatic carbocycles. The summed E-state index contributed by atoms with van der Waals surface area (Å²) in [5, 5.41) is 13.6. The Labute approximate surface area is 250 Å². The number of dihydropyridines is 1. The van der Waals surface area contributed by atoms with E-state index in [-0.39, 0.29) is 12.5 Å². The fourth-order valence-electron chi connectivity index (χ4n) is 6.40. The van der Waals surface area contributed by atoms with Gasteiger partial charge in [0.1, 0.15) is 0 Å². The van der Waals surface area contributed by atoms with E-state index in [0.29, 0.717) is 11.6 Å². The molecule has 1 unspecified atom stereocenters. The number of morpholine rings is 1. The van der Waals surface area contributed by atoms with Crippen molar-refractivity contribution in [3.8, 4) is 11.1 Å². The highest BCUT2D eigenvalue weighted by Crippen LogP contribution is 2.34. The second-order valence-electron chi connectivity index (χ2n) is 11.8. The number of ether oxygens (including phenoxy) is 2. The number of nitrogens with zero attached hydrogens (tertiary/aromatic N) is 3. The van der Waals surface area contributed by atoms with Crippen LogP contribution in [-0.2, 0) is 16.0 Å². The van der Waals surface area contributed by atoms with Gasteiger partial charge in [0.05, 0.1) is 13.2 Å². The molecule has 0 saturated carbocycles. The van der Waals surface area contributed by atoms with Gasteiger partial charge in [-0.3, -0.25) is 14.7 Å². The topological polar surface area (TPSA) is 86.6 Å². The van der Waals surface area contributed by atoms with Crippen molar-refractivity contribution >= 4 is 17.3 Å². The van der Waals surface area contributed by atoms with E-state index in [1.165, 1.54) is 5.56 Å². The van der Waals surface area contributed by atoms with Gasteiger partial charge in [-0.1, -0.05) is 29.8 Å². The predicted octanol–water partition coefficient (Wildman–Crippen LogP) is 4.73. The highest BCUT2D eigenvalue weighted by Gasteiger charge is 2.26. The first-order valence-corrected chi connectivity index (χ1v) is 15.4. The quantitative estimate of drug-likeness (QED) is 0.422. The Morgan fingerprint density at radius 3 is 2.38 bits per heavy atom.